The smallest absolute Gasteiger partial charge is 0.322 e. The first-order chi connectivity index (χ1) is 9.71. The van der Waals surface area contributed by atoms with Gasteiger partial charge in [-0.25, -0.2) is 0 Å². The molecule has 7 heteroatoms. The molecule has 106 valence electrons. The number of aliphatic hydroxyl groups excluding tert-OH is 1. The third-order valence-electron chi connectivity index (χ3n) is 2.65. The minimum absolute atomic E-state index is 0.0377. The molecule has 0 aliphatic rings. The van der Waals surface area contributed by atoms with Crippen LogP contribution in [-0.4, -0.2) is 39.8 Å². The molecule has 0 amide bonds. The van der Waals surface area contributed by atoms with Crippen molar-refractivity contribution in [3.63, 3.8) is 0 Å². The van der Waals surface area contributed by atoms with Gasteiger partial charge in [-0.3, -0.25) is 0 Å². The Morgan fingerprint density at radius 1 is 1.25 bits per heavy atom. The second-order valence-electron chi connectivity index (χ2n) is 4.13. The van der Waals surface area contributed by atoms with Crippen molar-refractivity contribution in [2.45, 2.75) is 12.5 Å². The first kappa shape index (κ1) is 14.5. The molecule has 6 nitrogen and oxygen atoms in total. The van der Waals surface area contributed by atoms with E-state index in [0.717, 1.165) is 5.56 Å². The molecule has 1 atom stereocenters. The van der Waals surface area contributed by atoms with Gasteiger partial charge in [-0.2, -0.15) is 15.0 Å². The van der Waals surface area contributed by atoms with Crippen LogP contribution in [-0.2, 0) is 6.42 Å². The average molecular weight is 295 g/mol. The quantitative estimate of drug-likeness (QED) is 0.841. The van der Waals surface area contributed by atoms with Gasteiger partial charge in [0.15, 0.2) is 0 Å². The normalized spacial score (nSPS) is 11.9. The fourth-order valence-electron chi connectivity index (χ4n) is 1.73. The van der Waals surface area contributed by atoms with E-state index in [4.69, 9.17) is 16.3 Å². The van der Waals surface area contributed by atoms with Gasteiger partial charge in [0.05, 0.1) is 19.8 Å². The summed E-state index contributed by atoms with van der Waals surface area (Å²) >= 11 is 5.77. The van der Waals surface area contributed by atoms with E-state index >= 15 is 0 Å². The maximum absolute atomic E-state index is 9.45. The van der Waals surface area contributed by atoms with Crippen molar-refractivity contribution < 1.29 is 9.84 Å². The summed E-state index contributed by atoms with van der Waals surface area (Å²) in [5, 5.41) is 12.5. The van der Waals surface area contributed by atoms with Gasteiger partial charge >= 0.3 is 6.01 Å². The summed E-state index contributed by atoms with van der Waals surface area (Å²) in [4.78, 5) is 11.8. The number of methoxy groups -OCH3 is 1. The Morgan fingerprint density at radius 2 is 2.00 bits per heavy atom. The van der Waals surface area contributed by atoms with Crippen molar-refractivity contribution in [3.8, 4) is 6.01 Å². The fourth-order valence-corrected chi connectivity index (χ4v) is 1.88. The van der Waals surface area contributed by atoms with Crippen LogP contribution in [0.3, 0.4) is 0 Å². The predicted octanol–water partition coefficient (Wildman–Crippen LogP) is 1.55. The van der Waals surface area contributed by atoms with Crippen LogP contribution < -0.4 is 10.1 Å². The molecular weight excluding hydrogens is 280 g/mol. The molecule has 0 saturated carbocycles. The van der Waals surface area contributed by atoms with E-state index in [1.165, 1.54) is 7.11 Å². The Morgan fingerprint density at radius 3 is 2.65 bits per heavy atom. The summed E-state index contributed by atoms with van der Waals surface area (Å²) in [7, 11) is 1.45. The molecule has 0 aliphatic carbocycles. The van der Waals surface area contributed by atoms with Gasteiger partial charge in [0.1, 0.15) is 0 Å². The molecule has 0 saturated heterocycles. The summed E-state index contributed by atoms with van der Waals surface area (Å²) in [6, 6.07) is 9.74. The molecule has 2 rings (SSSR count). The lowest BCUT2D eigenvalue weighted by atomic mass is 10.1. The van der Waals surface area contributed by atoms with Gasteiger partial charge in [0.25, 0.3) is 0 Å². The zero-order valence-electron chi connectivity index (χ0n) is 11.0. The molecule has 0 fully saturated rings. The molecule has 1 heterocycles. The van der Waals surface area contributed by atoms with Gasteiger partial charge in [-0.05, 0) is 23.6 Å². The first-order valence-electron chi connectivity index (χ1n) is 6.08. The largest absolute Gasteiger partial charge is 0.467 e. The lowest BCUT2D eigenvalue weighted by molar-refractivity contribution is 0.273. The number of ether oxygens (including phenoxy) is 1. The van der Waals surface area contributed by atoms with E-state index in [2.05, 4.69) is 20.3 Å². The standard InChI is InChI=1S/C13H15ClN4O2/c1-20-13-17-11(14)16-12(18-13)15-10(8-19)7-9-5-3-2-4-6-9/h2-6,10,19H,7-8H2,1H3,(H,15,16,17,18). The van der Waals surface area contributed by atoms with Crippen molar-refractivity contribution in [3.05, 3.63) is 41.2 Å². The highest BCUT2D eigenvalue weighted by Crippen LogP contribution is 2.13. The Labute approximate surface area is 121 Å². The van der Waals surface area contributed by atoms with Gasteiger partial charge in [-0.15, -0.1) is 0 Å². The van der Waals surface area contributed by atoms with E-state index in [-0.39, 0.29) is 29.9 Å². The third kappa shape index (κ3) is 4.04. The van der Waals surface area contributed by atoms with E-state index < -0.39 is 0 Å². The van der Waals surface area contributed by atoms with E-state index in [9.17, 15) is 5.11 Å². The number of hydrogen-bond acceptors (Lipinski definition) is 6. The SMILES string of the molecule is COc1nc(Cl)nc(NC(CO)Cc2ccccc2)n1. The predicted molar refractivity (Wildman–Crippen MR) is 76.0 cm³/mol. The van der Waals surface area contributed by atoms with Gasteiger partial charge in [0.2, 0.25) is 11.2 Å². The fraction of sp³-hybridized carbons (Fsp3) is 0.308. The van der Waals surface area contributed by atoms with Crippen LogP contribution in [0.25, 0.3) is 0 Å². The molecule has 1 aromatic carbocycles. The minimum atomic E-state index is -0.222. The number of hydrogen-bond donors (Lipinski definition) is 2. The van der Waals surface area contributed by atoms with Crippen LogP contribution in [0.15, 0.2) is 30.3 Å². The van der Waals surface area contributed by atoms with E-state index in [1.54, 1.807) is 0 Å². The average Bonchev–Trinajstić information content (AvgIpc) is 2.47. The Kier molecular flexibility index (Phi) is 5.09. The highest BCUT2D eigenvalue weighted by Gasteiger charge is 2.12. The first-order valence-corrected chi connectivity index (χ1v) is 6.46. The Balaban J connectivity index is 2.08. The van der Waals surface area contributed by atoms with Gasteiger partial charge in [0, 0.05) is 0 Å². The third-order valence-corrected chi connectivity index (χ3v) is 2.82. The van der Waals surface area contributed by atoms with Crippen LogP contribution in [0.2, 0.25) is 5.28 Å². The molecule has 20 heavy (non-hydrogen) atoms. The number of nitrogens with zero attached hydrogens (tertiary/aromatic N) is 3. The summed E-state index contributed by atoms with van der Waals surface area (Å²) in [6.45, 7) is -0.0550. The highest BCUT2D eigenvalue weighted by atomic mass is 35.5. The van der Waals surface area contributed by atoms with Crippen molar-refractivity contribution >= 4 is 17.5 Å². The molecule has 0 aliphatic heterocycles. The number of rotatable bonds is 6. The highest BCUT2D eigenvalue weighted by molar-refractivity contribution is 6.28. The molecule has 0 spiro atoms. The molecule has 0 bridgehead atoms. The Hall–Kier alpha value is -1.92. The number of aliphatic hydroxyl groups is 1. The summed E-state index contributed by atoms with van der Waals surface area (Å²) in [5.74, 6) is 0.275. The van der Waals surface area contributed by atoms with Crippen LogP contribution in [0.1, 0.15) is 5.56 Å². The van der Waals surface area contributed by atoms with Crippen LogP contribution in [0.4, 0.5) is 5.95 Å². The van der Waals surface area contributed by atoms with E-state index in [1.807, 2.05) is 30.3 Å². The van der Waals surface area contributed by atoms with Crippen molar-refractivity contribution in [1.82, 2.24) is 15.0 Å². The lowest BCUT2D eigenvalue weighted by Gasteiger charge is -2.16. The van der Waals surface area contributed by atoms with E-state index in [0.29, 0.717) is 6.42 Å². The summed E-state index contributed by atoms with van der Waals surface area (Å²) in [5.41, 5.74) is 1.10. The molecule has 2 aromatic rings. The monoisotopic (exact) mass is 294 g/mol. The lowest BCUT2D eigenvalue weighted by Crippen LogP contribution is -2.27. The second kappa shape index (κ2) is 7.02. The Bertz CT molecular complexity index is 553. The topological polar surface area (TPSA) is 80.2 Å². The number of anilines is 1. The number of aromatic nitrogens is 3. The molecule has 1 aromatic heterocycles. The zero-order chi connectivity index (χ0) is 14.4. The maximum Gasteiger partial charge on any atom is 0.322 e. The van der Waals surface area contributed by atoms with Crippen molar-refractivity contribution in [2.75, 3.05) is 19.0 Å². The van der Waals surface area contributed by atoms with Crippen molar-refractivity contribution in [1.29, 1.82) is 0 Å². The summed E-state index contributed by atoms with van der Waals surface area (Å²) < 4.78 is 4.92. The van der Waals surface area contributed by atoms with Crippen LogP contribution >= 0.6 is 11.6 Å². The molecule has 2 N–H and O–H groups in total. The van der Waals surface area contributed by atoms with Gasteiger partial charge < -0.3 is 15.2 Å². The maximum atomic E-state index is 9.45. The number of halogens is 1. The number of benzene rings is 1. The zero-order valence-corrected chi connectivity index (χ0v) is 11.7. The van der Waals surface area contributed by atoms with Crippen LogP contribution in [0, 0.1) is 0 Å². The molecule has 1 unspecified atom stereocenters. The second-order valence-corrected chi connectivity index (χ2v) is 4.47. The number of nitrogens with one attached hydrogen (secondary N) is 1. The van der Waals surface area contributed by atoms with Crippen LogP contribution in [0.5, 0.6) is 6.01 Å². The molecular formula is C13H15ClN4O2. The minimum Gasteiger partial charge on any atom is -0.467 e. The molecule has 0 radical (unpaired) electrons. The summed E-state index contributed by atoms with van der Waals surface area (Å²) in [6.07, 6.45) is 0.642. The van der Waals surface area contributed by atoms with Crippen molar-refractivity contribution in [2.24, 2.45) is 0 Å². The van der Waals surface area contributed by atoms with Gasteiger partial charge in [-0.1, -0.05) is 30.3 Å².